The van der Waals surface area contributed by atoms with Crippen LogP contribution in [0.1, 0.15) is 27.3 Å². The minimum Gasteiger partial charge on any atom is -0.477 e. The monoisotopic (exact) mass is 335 g/mol. The number of nitrogens with zero attached hydrogens (tertiary/aromatic N) is 3. The number of fused-ring (bicyclic) bond motifs is 1. The summed E-state index contributed by atoms with van der Waals surface area (Å²) < 4.78 is 28.1. The molecule has 0 atom stereocenters. The molecule has 122 valence electrons. The third-order valence-corrected chi connectivity index (χ3v) is 5.88. The maximum atomic E-state index is 12.7. The average Bonchev–Trinajstić information content (AvgIpc) is 2.82. The van der Waals surface area contributed by atoms with Gasteiger partial charge in [-0.1, -0.05) is 17.7 Å². The molecule has 1 aromatic heterocycles. The lowest BCUT2D eigenvalue weighted by Gasteiger charge is -2.26. The summed E-state index contributed by atoms with van der Waals surface area (Å²) in [6.07, 6.45) is 0.404. The second-order valence-electron chi connectivity index (χ2n) is 5.60. The van der Waals surface area contributed by atoms with E-state index in [1.54, 1.807) is 31.3 Å². The van der Waals surface area contributed by atoms with Crippen molar-refractivity contribution in [2.45, 2.75) is 24.8 Å². The van der Waals surface area contributed by atoms with E-state index in [4.69, 9.17) is 0 Å². The predicted molar refractivity (Wildman–Crippen MR) is 82.6 cm³/mol. The summed E-state index contributed by atoms with van der Waals surface area (Å²) in [5.41, 5.74) is 2.15. The number of aromatic nitrogens is 2. The van der Waals surface area contributed by atoms with Gasteiger partial charge < -0.3 is 5.11 Å². The fourth-order valence-electron chi connectivity index (χ4n) is 2.81. The van der Waals surface area contributed by atoms with E-state index in [1.807, 2.05) is 6.92 Å². The van der Waals surface area contributed by atoms with E-state index < -0.39 is 16.0 Å². The maximum Gasteiger partial charge on any atom is 0.354 e. The number of benzene rings is 1. The van der Waals surface area contributed by atoms with Crippen LogP contribution in [0.3, 0.4) is 0 Å². The van der Waals surface area contributed by atoms with Crippen molar-refractivity contribution in [2.24, 2.45) is 7.05 Å². The Balaban J connectivity index is 1.98. The zero-order valence-electron chi connectivity index (χ0n) is 12.9. The van der Waals surface area contributed by atoms with Crippen molar-refractivity contribution in [1.29, 1.82) is 0 Å². The number of aromatic carboxylic acids is 1. The molecule has 0 saturated heterocycles. The molecule has 2 aromatic rings. The van der Waals surface area contributed by atoms with E-state index in [9.17, 15) is 18.3 Å². The van der Waals surface area contributed by atoms with E-state index in [0.717, 1.165) is 5.56 Å². The number of sulfonamides is 1. The van der Waals surface area contributed by atoms with Gasteiger partial charge in [0.25, 0.3) is 0 Å². The molecule has 1 N–H and O–H groups in total. The Bertz CT molecular complexity index is 869. The Kier molecular flexibility index (Phi) is 3.73. The first-order valence-corrected chi connectivity index (χ1v) is 8.59. The van der Waals surface area contributed by atoms with Crippen molar-refractivity contribution >= 4 is 16.0 Å². The minimum atomic E-state index is -3.65. The highest BCUT2D eigenvalue weighted by molar-refractivity contribution is 7.89. The van der Waals surface area contributed by atoms with Gasteiger partial charge in [0, 0.05) is 32.1 Å². The van der Waals surface area contributed by atoms with Crippen LogP contribution in [0.15, 0.2) is 29.2 Å². The zero-order valence-corrected chi connectivity index (χ0v) is 13.7. The topological polar surface area (TPSA) is 92.5 Å². The number of carbonyl (C=O) groups is 1. The molecule has 23 heavy (non-hydrogen) atoms. The molecule has 1 aromatic carbocycles. The third-order valence-electron chi connectivity index (χ3n) is 4.02. The molecule has 1 aliphatic heterocycles. The first-order valence-electron chi connectivity index (χ1n) is 7.15. The van der Waals surface area contributed by atoms with E-state index in [2.05, 4.69) is 5.10 Å². The highest BCUT2D eigenvalue weighted by Crippen LogP contribution is 2.26. The van der Waals surface area contributed by atoms with Crippen LogP contribution in [-0.4, -0.2) is 40.1 Å². The highest BCUT2D eigenvalue weighted by atomic mass is 32.2. The lowest BCUT2D eigenvalue weighted by Crippen LogP contribution is -2.36. The molecule has 8 heteroatoms. The van der Waals surface area contributed by atoms with Gasteiger partial charge >= 0.3 is 5.97 Å². The first-order chi connectivity index (χ1) is 10.8. The van der Waals surface area contributed by atoms with Gasteiger partial charge in [-0.2, -0.15) is 9.40 Å². The smallest absolute Gasteiger partial charge is 0.354 e. The van der Waals surface area contributed by atoms with E-state index >= 15 is 0 Å². The van der Waals surface area contributed by atoms with E-state index in [1.165, 1.54) is 8.99 Å². The Morgan fingerprint density at radius 1 is 1.26 bits per heavy atom. The molecular weight excluding hydrogens is 318 g/mol. The van der Waals surface area contributed by atoms with Crippen LogP contribution in [-0.2, 0) is 30.0 Å². The lowest BCUT2D eigenvalue weighted by atomic mass is 10.1. The van der Waals surface area contributed by atoms with Gasteiger partial charge in [-0.25, -0.2) is 13.2 Å². The van der Waals surface area contributed by atoms with Crippen LogP contribution in [0, 0.1) is 6.92 Å². The molecule has 0 radical (unpaired) electrons. The predicted octanol–water partition coefficient (Wildman–Crippen LogP) is 1.17. The minimum absolute atomic E-state index is 0.0288. The van der Waals surface area contributed by atoms with Gasteiger partial charge in [-0.3, -0.25) is 4.68 Å². The molecule has 7 nitrogen and oxygen atoms in total. The van der Waals surface area contributed by atoms with Crippen molar-refractivity contribution in [3.05, 3.63) is 46.8 Å². The normalized spacial score (nSPS) is 15.4. The number of carboxylic acid groups (broad SMARTS) is 1. The Hall–Kier alpha value is -2.19. The number of aryl methyl sites for hydroxylation is 2. The molecule has 0 fully saturated rings. The fourth-order valence-corrected chi connectivity index (χ4v) is 4.22. The van der Waals surface area contributed by atoms with Crippen LogP contribution in [0.5, 0.6) is 0 Å². The number of carboxylic acids is 1. The van der Waals surface area contributed by atoms with E-state index in [-0.39, 0.29) is 17.1 Å². The van der Waals surface area contributed by atoms with Gasteiger partial charge in [0.05, 0.1) is 10.6 Å². The quantitative estimate of drug-likeness (QED) is 0.909. The largest absolute Gasteiger partial charge is 0.477 e. The van der Waals surface area contributed by atoms with Crippen LogP contribution >= 0.6 is 0 Å². The molecule has 3 rings (SSSR count). The fraction of sp³-hybridized carbons (Fsp3) is 0.333. The molecule has 0 unspecified atom stereocenters. The van der Waals surface area contributed by atoms with Crippen molar-refractivity contribution in [2.75, 3.05) is 6.54 Å². The Morgan fingerprint density at radius 3 is 2.52 bits per heavy atom. The van der Waals surface area contributed by atoms with Gasteiger partial charge in [-0.15, -0.1) is 0 Å². The zero-order chi connectivity index (χ0) is 16.8. The SMILES string of the molecule is Cc1ccc(S(=O)(=O)N2CCc3nn(C)c(C(=O)O)c3C2)cc1. The molecule has 0 saturated carbocycles. The number of rotatable bonds is 3. The van der Waals surface area contributed by atoms with Crippen molar-refractivity contribution in [3.8, 4) is 0 Å². The third kappa shape index (κ3) is 2.64. The highest BCUT2D eigenvalue weighted by Gasteiger charge is 2.33. The van der Waals surface area contributed by atoms with Gasteiger partial charge in [-0.05, 0) is 19.1 Å². The van der Waals surface area contributed by atoms with Gasteiger partial charge in [0.1, 0.15) is 0 Å². The van der Waals surface area contributed by atoms with Crippen molar-refractivity contribution < 1.29 is 18.3 Å². The molecule has 0 bridgehead atoms. The molecule has 1 aliphatic rings. The van der Waals surface area contributed by atoms with Crippen LogP contribution in [0.25, 0.3) is 0 Å². The Labute approximate surface area is 134 Å². The van der Waals surface area contributed by atoms with Crippen molar-refractivity contribution in [3.63, 3.8) is 0 Å². The van der Waals surface area contributed by atoms with Crippen LogP contribution in [0.4, 0.5) is 0 Å². The summed E-state index contributed by atoms with van der Waals surface area (Å²) in [7, 11) is -2.10. The summed E-state index contributed by atoms with van der Waals surface area (Å²) in [4.78, 5) is 11.6. The summed E-state index contributed by atoms with van der Waals surface area (Å²) >= 11 is 0. The summed E-state index contributed by atoms with van der Waals surface area (Å²) in [6.45, 7) is 2.21. The number of hydrogen-bond donors (Lipinski definition) is 1. The molecule has 0 aliphatic carbocycles. The molecule has 2 heterocycles. The second kappa shape index (κ2) is 5.47. The van der Waals surface area contributed by atoms with Crippen LogP contribution < -0.4 is 0 Å². The lowest BCUT2D eigenvalue weighted by molar-refractivity contribution is 0.0683. The number of hydrogen-bond acceptors (Lipinski definition) is 4. The molecule has 0 spiro atoms. The van der Waals surface area contributed by atoms with Crippen LogP contribution in [0.2, 0.25) is 0 Å². The average molecular weight is 335 g/mol. The summed E-state index contributed by atoms with van der Waals surface area (Å²) in [6, 6.07) is 6.63. The maximum absolute atomic E-state index is 12.7. The van der Waals surface area contributed by atoms with Crippen molar-refractivity contribution in [1.82, 2.24) is 14.1 Å². The van der Waals surface area contributed by atoms with Gasteiger partial charge in [0.2, 0.25) is 10.0 Å². The standard InChI is InChI=1S/C15H17N3O4S/c1-10-3-5-11(6-4-10)23(21,22)18-8-7-13-12(9-18)14(15(19)20)17(2)16-13/h3-6H,7-9H2,1-2H3,(H,19,20). The molecular formula is C15H17N3O4S. The van der Waals surface area contributed by atoms with Gasteiger partial charge in [0.15, 0.2) is 5.69 Å². The summed E-state index contributed by atoms with van der Waals surface area (Å²) in [5, 5.41) is 13.5. The second-order valence-corrected chi connectivity index (χ2v) is 7.54. The van der Waals surface area contributed by atoms with E-state index in [0.29, 0.717) is 24.2 Å². The Morgan fingerprint density at radius 2 is 1.91 bits per heavy atom. The molecule has 0 amide bonds. The summed E-state index contributed by atoms with van der Waals surface area (Å²) in [5.74, 6) is -1.10. The first kappa shape index (κ1) is 15.7.